The molecule has 0 fully saturated rings. The van der Waals surface area contributed by atoms with Gasteiger partial charge in [-0.05, 0) is 0 Å². The van der Waals surface area contributed by atoms with Gasteiger partial charge in [-0.3, -0.25) is 0 Å². The van der Waals surface area contributed by atoms with Gasteiger partial charge in [0.1, 0.15) is 0 Å². The van der Waals surface area contributed by atoms with Crippen molar-refractivity contribution >= 4 is 26.9 Å². The molecule has 0 aliphatic rings. The second kappa shape index (κ2) is 6.00. The van der Waals surface area contributed by atoms with Gasteiger partial charge in [-0.25, -0.2) is 0 Å². The van der Waals surface area contributed by atoms with E-state index in [0.29, 0.717) is 12.8 Å². The minimum absolute atomic E-state index is 0.346. The first-order valence-electron chi connectivity index (χ1n) is 4.13. The molecule has 2 N–H and O–H groups in total. The van der Waals surface area contributed by atoms with Crippen LogP contribution in [-0.2, 0) is 9.59 Å². The van der Waals surface area contributed by atoms with Crippen LogP contribution in [0.3, 0.4) is 0 Å². The van der Waals surface area contributed by atoms with Crippen LogP contribution in [0.15, 0.2) is 0 Å². The van der Waals surface area contributed by atoms with Gasteiger partial charge in [-0.1, -0.05) is 0 Å². The minimum atomic E-state index is -0.873. The zero-order chi connectivity index (χ0) is 10.4. The molecular formula is C8H14O4Se. The Kier molecular flexibility index (Phi) is 5.75. The van der Waals surface area contributed by atoms with Gasteiger partial charge in [0.05, 0.1) is 0 Å². The second-order valence-electron chi connectivity index (χ2n) is 2.61. The summed E-state index contributed by atoms with van der Waals surface area (Å²) < 4.78 is 0. The summed E-state index contributed by atoms with van der Waals surface area (Å²) in [4.78, 5) is 20.3. The van der Waals surface area contributed by atoms with Crippen molar-refractivity contribution in [1.82, 2.24) is 0 Å². The van der Waals surface area contributed by atoms with E-state index in [1.165, 1.54) is 0 Å². The zero-order valence-electron chi connectivity index (χ0n) is 7.69. The molecule has 5 heteroatoms. The number of rotatable bonds is 6. The molecule has 0 amide bonds. The van der Waals surface area contributed by atoms with Crippen LogP contribution < -0.4 is 0 Å². The van der Waals surface area contributed by atoms with Crippen molar-refractivity contribution in [3.05, 3.63) is 0 Å². The number of aliphatic carboxylic acids is 2. The van der Waals surface area contributed by atoms with Crippen molar-refractivity contribution in [3.63, 3.8) is 0 Å². The molecule has 0 aromatic carbocycles. The first-order valence-corrected chi connectivity index (χ1v) is 6.11. The topological polar surface area (TPSA) is 74.6 Å². The third kappa shape index (κ3) is 4.29. The van der Waals surface area contributed by atoms with Gasteiger partial charge in [-0.15, -0.1) is 0 Å². The maximum absolute atomic E-state index is 10.6. The molecule has 4 nitrogen and oxygen atoms in total. The molecular weight excluding hydrogens is 239 g/mol. The molecule has 0 saturated heterocycles. The Balaban J connectivity index is 4.19. The van der Waals surface area contributed by atoms with Crippen molar-refractivity contribution in [2.24, 2.45) is 0 Å². The van der Waals surface area contributed by atoms with E-state index in [2.05, 4.69) is 0 Å². The fourth-order valence-corrected chi connectivity index (χ4v) is 2.98. The molecule has 0 bridgehead atoms. The molecule has 76 valence electrons. The molecule has 0 aromatic rings. The Morgan fingerprint density at radius 2 is 1.38 bits per heavy atom. The van der Waals surface area contributed by atoms with Crippen LogP contribution in [-0.4, -0.2) is 37.1 Å². The molecule has 0 saturated carbocycles. The summed E-state index contributed by atoms with van der Waals surface area (Å²) in [6.45, 7) is 3.55. The molecule has 0 unspecified atom stereocenters. The molecule has 0 aliphatic heterocycles. The zero-order valence-corrected chi connectivity index (χ0v) is 9.40. The summed E-state index contributed by atoms with van der Waals surface area (Å²) in [7, 11) is 0. The molecule has 0 aliphatic carbocycles. The van der Waals surface area contributed by atoms with Gasteiger partial charge in [0.15, 0.2) is 0 Å². The van der Waals surface area contributed by atoms with Gasteiger partial charge in [0, 0.05) is 0 Å². The van der Waals surface area contributed by atoms with E-state index < -0.39 is 21.6 Å². The summed E-state index contributed by atoms with van der Waals surface area (Å²) in [5.74, 6) is -1.75. The van der Waals surface area contributed by atoms with Crippen LogP contribution >= 0.6 is 0 Å². The van der Waals surface area contributed by atoms with Gasteiger partial charge >= 0.3 is 83.0 Å². The fourth-order valence-electron chi connectivity index (χ4n) is 0.856. The van der Waals surface area contributed by atoms with Gasteiger partial charge in [0.25, 0.3) is 0 Å². The van der Waals surface area contributed by atoms with Crippen molar-refractivity contribution in [2.45, 2.75) is 36.3 Å². The van der Waals surface area contributed by atoms with Crippen molar-refractivity contribution in [1.29, 1.82) is 0 Å². The van der Waals surface area contributed by atoms with Crippen LogP contribution in [0.1, 0.15) is 26.7 Å². The number of carbonyl (C=O) groups is 2. The summed E-state index contributed by atoms with van der Waals surface area (Å²) in [6.07, 6.45) is 1.03. The third-order valence-electron chi connectivity index (χ3n) is 1.62. The molecule has 0 spiro atoms. The fraction of sp³-hybridized carbons (Fsp3) is 0.750. The first kappa shape index (κ1) is 12.5. The molecule has 13 heavy (non-hydrogen) atoms. The molecule has 0 rings (SSSR count). The molecule has 2 atom stereocenters. The number of carboxylic acids is 2. The van der Waals surface area contributed by atoms with Crippen LogP contribution in [0.25, 0.3) is 0 Å². The third-order valence-corrected chi connectivity index (χ3v) is 5.24. The molecule has 0 heterocycles. The van der Waals surface area contributed by atoms with Crippen molar-refractivity contribution < 1.29 is 19.8 Å². The first-order chi connectivity index (χ1) is 6.02. The van der Waals surface area contributed by atoms with E-state index in [-0.39, 0.29) is 15.0 Å². The summed E-state index contributed by atoms with van der Waals surface area (Å²) in [5.41, 5.74) is 0. The van der Waals surface area contributed by atoms with E-state index >= 15 is 0 Å². The van der Waals surface area contributed by atoms with E-state index in [4.69, 9.17) is 10.2 Å². The number of hydrogen-bond acceptors (Lipinski definition) is 2. The number of hydrogen-bond donors (Lipinski definition) is 2. The number of carboxylic acid groups (broad SMARTS) is 2. The average molecular weight is 253 g/mol. The van der Waals surface area contributed by atoms with Gasteiger partial charge in [-0.2, -0.15) is 0 Å². The Bertz CT molecular complexity index is 173. The monoisotopic (exact) mass is 254 g/mol. The standard InChI is InChI=1S/C8H14O4Se/c1-3-5(7(9)10)13-6(4-2)8(11)12/h5-6H,3-4H2,1-2H3,(H,9,10)(H,11,12)/t5-,6+. The van der Waals surface area contributed by atoms with E-state index in [1.807, 2.05) is 0 Å². The summed E-state index contributed by atoms with van der Waals surface area (Å²) in [5, 5.41) is 17.4. The van der Waals surface area contributed by atoms with Crippen LogP contribution in [0.2, 0.25) is 9.63 Å². The van der Waals surface area contributed by atoms with E-state index in [1.54, 1.807) is 13.8 Å². The Labute approximate surface area is 83.5 Å². The van der Waals surface area contributed by atoms with E-state index in [9.17, 15) is 9.59 Å². The summed E-state index contributed by atoms with van der Waals surface area (Å²) in [6, 6.07) is 0. The maximum atomic E-state index is 10.6. The Morgan fingerprint density at radius 1 is 1.08 bits per heavy atom. The molecule has 0 aromatic heterocycles. The van der Waals surface area contributed by atoms with E-state index in [0.717, 1.165) is 0 Å². The average Bonchev–Trinajstić information content (AvgIpc) is 2.05. The summed E-state index contributed by atoms with van der Waals surface area (Å²) >= 11 is -0.346. The Morgan fingerprint density at radius 3 is 1.54 bits per heavy atom. The van der Waals surface area contributed by atoms with Gasteiger partial charge in [0.2, 0.25) is 0 Å². The Hall–Kier alpha value is -0.541. The second-order valence-corrected chi connectivity index (χ2v) is 5.57. The van der Waals surface area contributed by atoms with Crippen LogP contribution in [0.5, 0.6) is 0 Å². The SMILES string of the molecule is CC[C@H]([Se][C@H](CC)C(=O)O)C(=O)O. The van der Waals surface area contributed by atoms with Crippen molar-refractivity contribution in [3.8, 4) is 0 Å². The quantitative estimate of drug-likeness (QED) is 0.699. The predicted octanol–water partition coefficient (Wildman–Crippen LogP) is 1.26. The van der Waals surface area contributed by atoms with Gasteiger partial charge < -0.3 is 0 Å². The molecule has 0 radical (unpaired) electrons. The van der Waals surface area contributed by atoms with Crippen LogP contribution in [0, 0.1) is 0 Å². The normalized spacial score (nSPS) is 14.9. The van der Waals surface area contributed by atoms with Crippen LogP contribution in [0.4, 0.5) is 0 Å². The van der Waals surface area contributed by atoms with Crippen molar-refractivity contribution in [2.75, 3.05) is 0 Å². The predicted molar refractivity (Wildman–Crippen MR) is 49.1 cm³/mol.